The van der Waals surface area contributed by atoms with Crippen LogP contribution in [0.15, 0.2) is 0 Å². The molecule has 0 amide bonds. The van der Waals surface area contributed by atoms with Crippen LogP contribution in [0.4, 0.5) is 0 Å². The van der Waals surface area contributed by atoms with Gasteiger partial charge in [-0.3, -0.25) is 9.59 Å². The van der Waals surface area contributed by atoms with E-state index in [1.807, 2.05) is 6.07 Å². The Morgan fingerprint density at radius 1 is 1.24 bits per heavy atom. The van der Waals surface area contributed by atoms with Gasteiger partial charge in [-0.05, 0) is 13.8 Å². The van der Waals surface area contributed by atoms with Crippen LogP contribution in [0.1, 0.15) is 27.7 Å². The van der Waals surface area contributed by atoms with Gasteiger partial charge in [0, 0.05) is 13.8 Å². The Kier molecular flexibility index (Phi) is 4.18. The fourth-order valence-corrected chi connectivity index (χ4v) is 2.42. The number of ether oxygens (including phenoxy) is 5. The summed E-state index contributed by atoms with van der Waals surface area (Å²) in [6.45, 7) is 5.81. The molecule has 0 spiro atoms. The third kappa shape index (κ3) is 3.32. The molecule has 0 aromatic rings. The zero-order valence-corrected chi connectivity index (χ0v) is 12.2. The van der Waals surface area contributed by atoms with Crippen molar-refractivity contribution < 1.29 is 33.3 Å². The van der Waals surface area contributed by atoms with Gasteiger partial charge in [0.05, 0.1) is 0 Å². The minimum atomic E-state index is -1.22. The maximum atomic E-state index is 11.3. The van der Waals surface area contributed by atoms with Gasteiger partial charge in [-0.2, -0.15) is 5.26 Å². The molecule has 5 atom stereocenters. The highest BCUT2D eigenvalue weighted by Gasteiger charge is 2.59. The first-order valence-electron chi connectivity index (χ1n) is 6.48. The fourth-order valence-electron chi connectivity index (χ4n) is 2.42. The van der Waals surface area contributed by atoms with Crippen molar-refractivity contribution in [1.82, 2.24) is 0 Å². The number of rotatable bonds is 3. The SMILES string of the molecule is CC(=O)O[C@@H]1[C@H]2OC(C)(C)O[C@H]2O[C@@H]1[C@H](C#N)OC(C)=O. The molecule has 0 aromatic heterocycles. The summed E-state index contributed by atoms with van der Waals surface area (Å²) in [5, 5.41) is 9.12. The Hall–Kier alpha value is -1.69. The molecule has 8 heteroatoms. The van der Waals surface area contributed by atoms with E-state index in [2.05, 4.69) is 0 Å². The van der Waals surface area contributed by atoms with E-state index in [4.69, 9.17) is 28.9 Å². The Morgan fingerprint density at radius 3 is 2.43 bits per heavy atom. The van der Waals surface area contributed by atoms with Crippen molar-refractivity contribution in [3.05, 3.63) is 0 Å². The topological polar surface area (TPSA) is 104 Å². The largest absolute Gasteiger partial charge is 0.457 e. The second-order valence-corrected chi connectivity index (χ2v) is 5.30. The molecule has 0 saturated carbocycles. The standard InChI is InChI=1S/C13H17NO7/c1-6(15)17-8(5-14)9-10(18-7(2)16)11-12(19-9)21-13(3,4)20-11/h8-12H,1-4H3/t8-,9+,10-,11+,12+/m0/s1. The second kappa shape index (κ2) is 5.60. The molecular weight excluding hydrogens is 282 g/mol. The van der Waals surface area contributed by atoms with Crippen LogP contribution in [-0.4, -0.2) is 48.4 Å². The molecule has 0 bridgehead atoms. The highest BCUT2D eigenvalue weighted by Crippen LogP contribution is 2.40. The first-order valence-corrected chi connectivity index (χ1v) is 6.48. The fraction of sp³-hybridized carbons (Fsp3) is 0.769. The highest BCUT2D eigenvalue weighted by molar-refractivity contribution is 5.67. The Balaban J connectivity index is 2.20. The second-order valence-electron chi connectivity index (χ2n) is 5.30. The predicted molar refractivity (Wildman–Crippen MR) is 65.4 cm³/mol. The van der Waals surface area contributed by atoms with Gasteiger partial charge < -0.3 is 23.7 Å². The number of esters is 2. The van der Waals surface area contributed by atoms with E-state index >= 15 is 0 Å². The van der Waals surface area contributed by atoms with Gasteiger partial charge in [-0.25, -0.2) is 0 Å². The third-order valence-electron chi connectivity index (χ3n) is 3.05. The molecule has 21 heavy (non-hydrogen) atoms. The van der Waals surface area contributed by atoms with E-state index in [0.717, 1.165) is 0 Å². The number of carbonyl (C=O) groups excluding carboxylic acids is 2. The maximum absolute atomic E-state index is 11.3. The van der Waals surface area contributed by atoms with Crippen molar-refractivity contribution in [2.24, 2.45) is 0 Å². The van der Waals surface area contributed by atoms with Gasteiger partial charge in [0.2, 0.25) is 6.10 Å². The molecule has 2 rings (SSSR count). The highest BCUT2D eigenvalue weighted by atomic mass is 16.8. The molecule has 2 aliphatic rings. The Bertz CT molecular complexity index is 483. The molecule has 2 aliphatic heterocycles. The van der Waals surface area contributed by atoms with Crippen LogP contribution >= 0.6 is 0 Å². The lowest BCUT2D eigenvalue weighted by Crippen LogP contribution is -2.44. The van der Waals surface area contributed by atoms with Gasteiger partial charge in [0.15, 0.2) is 30.4 Å². The Morgan fingerprint density at radius 2 is 1.90 bits per heavy atom. The molecule has 0 N–H and O–H groups in total. The first-order chi connectivity index (χ1) is 9.73. The van der Waals surface area contributed by atoms with Crippen LogP contribution in [0.25, 0.3) is 0 Å². The number of nitrogens with zero attached hydrogens (tertiary/aromatic N) is 1. The molecule has 8 nitrogen and oxygen atoms in total. The molecule has 2 saturated heterocycles. The van der Waals surface area contributed by atoms with Crippen LogP contribution < -0.4 is 0 Å². The van der Waals surface area contributed by atoms with Crippen LogP contribution in [0.3, 0.4) is 0 Å². The number of hydrogen-bond donors (Lipinski definition) is 0. The van der Waals surface area contributed by atoms with Crippen molar-refractivity contribution in [3.63, 3.8) is 0 Å². The van der Waals surface area contributed by atoms with Crippen molar-refractivity contribution in [1.29, 1.82) is 5.26 Å². The van der Waals surface area contributed by atoms with E-state index < -0.39 is 48.4 Å². The monoisotopic (exact) mass is 299 g/mol. The first kappa shape index (κ1) is 15.7. The minimum Gasteiger partial charge on any atom is -0.457 e. The van der Waals surface area contributed by atoms with Gasteiger partial charge in [0.25, 0.3) is 0 Å². The van der Waals surface area contributed by atoms with E-state index in [-0.39, 0.29) is 0 Å². The number of carbonyl (C=O) groups is 2. The molecule has 2 fully saturated rings. The zero-order valence-electron chi connectivity index (χ0n) is 12.2. The van der Waals surface area contributed by atoms with Crippen molar-refractivity contribution in [2.45, 2.75) is 64.2 Å². The Labute approximate surface area is 121 Å². The predicted octanol–water partition coefficient (Wildman–Crippen LogP) is 0.250. The summed E-state index contributed by atoms with van der Waals surface area (Å²) >= 11 is 0. The lowest BCUT2D eigenvalue weighted by molar-refractivity contribution is -0.228. The number of fused-ring (bicyclic) bond motifs is 1. The average Bonchev–Trinajstić information content (AvgIpc) is 2.79. The molecular formula is C13H17NO7. The normalized spacial score (nSPS) is 34.6. The molecule has 0 unspecified atom stereocenters. The summed E-state index contributed by atoms with van der Waals surface area (Å²) in [6.07, 6.45) is -4.54. The molecule has 0 aliphatic carbocycles. The number of hydrogen-bond acceptors (Lipinski definition) is 8. The summed E-state index contributed by atoms with van der Waals surface area (Å²) in [5.41, 5.74) is 0. The third-order valence-corrected chi connectivity index (χ3v) is 3.05. The van der Waals surface area contributed by atoms with Gasteiger partial charge in [-0.15, -0.1) is 0 Å². The molecule has 2 heterocycles. The van der Waals surface area contributed by atoms with Crippen LogP contribution in [-0.2, 0) is 33.3 Å². The van der Waals surface area contributed by atoms with Crippen molar-refractivity contribution >= 4 is 11.9 Å². The van der Waals surface area contributed by atoms with Crippen molar-refractivity contribution in [3.8, 4) is 6.07 Å². The lowest BCUT2D eigenvalue weighted by Gasteiger charge is -2.27. The minimum absolute atomic E-state index is 0.554. The van der Waals surface area contributed by atoms with Gasteiger partial charge in [-0.1, -0.05) is 0 Å². The van der Waals surface area contributed by atoms with Crippen LogP contribution in [0, 0.1) is 11.3 Å². The average molecular weight is 299 g/mol. The van der Waals surface area contributed by atoms with Gasteiger partial charge >= 0.3 is 11.9 Å². The summed E-state index contributed by atoms with van der Waals surface area (Å²) in [4.78, 5) is 22.3. The van der Waals surface area contributed by atoms with E-state index in [9.17, 15) is 9.59 Å². The smallest absolute Gasteiger partial charge is 0.304 e. The van der Waals surface area contributed by atoms with E-state index in [1.54, 1.807) is 13.8 Å². The summed E-state index contributed by atoms with van der Waals surface area (Å²) in [5.74, 6) is -2.07. The summed E-state index contributed by atoms with van der Waals surface area (Å²) in [6, 6.07) is 1.82. The quantitative estimate of drug-likeness (QED) is 0.683. The molecule has 0 aromatic carbocycles. The zero-order chi connectivity index (χ0) is 15.8. The molecule has 0 radical (unpaired) electrons. The molecule has 116 valence electrons. The maximum Gasteiger partial charge on any atom is 0.304 e. The van der Waals surface area contributed by atoms with E-state index in [1.165, 1.54) is 13.8 Å². The summed E-state index contributed by atoms with van der Waals surface area (Å²) < 4.78 is 26.8. The number of nitriles is 1. The van der Waals surface area contributed by atoms with Gasteiger partial charge in [0.1, 0.15) is 6.07 Å². The summed E-state index contributed by atoms with van der Waals surface area (Å²) in [7, 11) is 0. The lowest BCUT2D eigenvalue weighted by atomic mass is 10.1. The van der Waals surface area contributed by atoms with E-state index in [0.29, 0.717) is 0 Å². The van der Waals surface area contributed by atoms with Crippen molar-refractivity contribution in [2.75, 3.05) is 0 Å². The van der Waals surface area contributed by atoms with Crippen LogP contribution in [0.2, 0.25) is 0 Å². The van der Waals surface area contributed by atoms with Crippen LogP contribution in [0.5, 0.6) is 0 Å².